The van der Waals surface area contributed by atoms with E-state index in [0.29, 0.717) is 5.69 Å². The van der Waals surface area contributed by atoms with Crippen molar-refractivity contribution in [2.75, 3.05) is 4.72 Å². The summed E-state index contributed by atoms with van der Waals surface area (Å²) in [5.74, 6) is 0. The number of aliphatic hydroxyl groups excluding tert-OH is 1. The zero-order valence-electron chi connectivity index (χ0n) is 9.57. The molecule has 1 heterocycles. The number of nitrogens with one attached hydrogen (secondary N) is 1. The molecule has 96 valence electrons. The maximum absolute atomic E-state index is 12.0. The van der Waals surface area contributed by atoms with Gasteiger partial charge < -0.3 is 5.11 Å². The summed E-state index contributed by atoms with van der Waals surface area (Å²) in [6.07, 6.45) is -0.712. The summed E-state index contributed by atoms with van der Waals surface area (Å²) in [6.45, 7) is 1.57. The molecule has 0 saturated heterocycles. The Morgan fingerprint density at radius 1 is 1.33 bits per heavy atom. The maximum atomic E-state index is 12.0. The third-order valence-corrected chi connectivity index (χ3v) is 4.49. The topological polar surface area (TPSA) is 79.3 Å². The smallest absolute Gasteiger partial charge is 0.263 e. The number of thiazole rings is 1. The molecule has 0 bridgehead atoms. The van der Waals surface area contributed by atoms with Crippen LogP contribution in [0, 0.1) is 0 Å². The minimum Gasteiger partial charge on any atom is -0.387 e. The van der Waals surface area contributed by atoms with Crippen molar-refractivity contribution in [2.24, 2.45) is 0 Å². The van der Waals surface area contributed by atoms with Crippen LogP contribution in [0.4, 0.5) is 5.13 Å². The fraction of sp³-hybridized carbons (Fsp3) is 0.182. The highest BCUT2D eigenvalue weighted by Gasteiger charge is 2.16. The van der Waals surface area contributed by atoms with Crippen molar-refractivity contribution in [1.29, 1.82) is 0 Å². The van der Waals surface area contributed by atoms with Crippen molar-refractivity contribution in [3.63, 3.8) is 0 Å². The molecule has 0 aliphatic rings. The number of hydrogen-bond donors (Lipinski definition) is 2. The van der Waals surface area contributed by atoms with E-state index >= 15 is 0 Å². The van der Waals surface area contributed by atoms with Gasteiger partial charge in [0.2, 0.25) is 0 Å². The lowest BCUT2D eigenvalue weighted by Crippen LogP contribution is -2.12. The first-order chi connectivity index (χ1) is 8.49. The summed E-state index contributed by atoms with van der Waals surface area (Å²) < 4.78 is 26.3. The predicted octanol–water partition coefficient (Wildman–Crippen LogP) is 2.00. The Bertz CT molecular complexity index is 621. The Morgan fingerprint density at radius 2 is 2.00 bits per heavy atom. The van der Waals surface area contributed by atoms with Gasteiger partial charge >= 0.3 is 0 Å². The highest BCUT2D eigenvalue weighted by Crippen LogP contribution is 2.22. The predicted molar refractivity (Wildman–Crippen MR) is 70.0 cm³/mol. The number of aliphatic hydroxyl groups is 1. The lowest BCUT2D eigenvalue weighted by molar-refractivity contribution is 0.195. The Balaban J connectivity index is 2.23. The number of aromatic nitrogens is 1. The van der Waals surface area contributed by atoms with Crippen molar-refractivity contribution in [2.45, 2.75) is 17.9 Å². The highest BCUT2D eigenvalue weighted by molar-refractivity contribution is 7.93. The minimum atomic E-state index is -3.61. The standard InChI is InChI=1S/C11H12N2O3S2/c1-8(14)10-7-17-11(12-10)13-18(15,16)9-5-3-2-4-6-9/h2-8,14H,1H3,(H,12,13). The van der Waals surface area contributed by atoms with Gasteiger partial charge in [-0.05, 0) is 19.1 Å². The largest absolute Gasteiger partial charge is 0.387 e. The number of benzene rings is 1. The second-order valence-corrected chi connectivity index (χ2v) is 6.21. The summed E-state index contributed by atoms with van der Waals surface area (Å²) in [5.41, 5.74) is 0.450. The third kappa shape index (κ3) is 2.87. The molecule has 5 nitrogen and oxygen atoms in total. The Hall–Kier alpha value is -1.44. The molecule has 2 aromatic rings. The molecule has 2 N–H and O–H groups in total. The molecule has 0 aliphatic heterocycles. The van der Waals surface area contributed by atoms with Gasteiger partial charge in [-0.2, -0.15) is 0 Å². The van der Waals surface area contributed by atoms with Crippen LogP contribution in [-0.4, -0.2) is 18.5 Å². The van der Waals surface area contributed by atoms with Crippen molar-refractivity contribution < 1.29 is 13.5 Å². The lowest BCUT2D eigenvalue weighted by atomic mass is 10.3. The highest BCUT2D eigenvalue weighted by atomic mass is 32.2. The van der Waals surface area contributed by atoms with Crippen LogP contribution >= 0.6 is 11.3 Å². The molecule has 0 spiro atoms. The summed E-state index contributed by atoms with van der Waals surface area (Å²) >= 11 is 1.14. The zero-order valence-corrected chi connectivity index (χ0v) is 11.2. The van der Waals surface area contributed by atoms with E-state index in [9.17, 15) is 13.5 Å². The van der Waals surface area contributed by atoms with E-state index in [2.05, 4.69) is 9.71 Å². The fourth-order valence-corrected chi connectivity index (χ4v) is 3.37. The summed E-state index contributed by atoms with van der Waals surface area (Å²) in [7, 11) is -3.61. The molecule has 0 fully saturated rings. The van der Waals surface area contributed by atoms with E-state index in [4.69, 9.17) is 0 Å². The minimum absolute atomic E-state index is 0.179. The summed E-state index contributed by atoms with van der Waals surface area (Å²) in [6, 6.07) is 8.06. The average Bonchev–Trinajstić information content (AvgIpc) is 2.78. The van der Waals surface area contributed by atoms with E-state index in [-0.39, 0.29) is 10.0 Å². The molecule has 1 aromatic carbocycles. The molecule has 0 aliphatic carbocycles. The number of nitrogens with zero attached hydrogens (tertiary/aromatic N) is 1. The normalized spacial score (nSPS) is 13.2. The number of rotatable bonds is 4. The van der Waals surface area contributed by atoms with Crippen LogP contribution in [0.1, 0.15) is 18.7 Å². The van der Waals surface area contributed by atoms with Crippen molar-refractivity contribution in [1.82, 2.24) is 4.98 Å². The third-order valence-electron chi connectivity index (χ3n) is 2.23. The van der Waals surface area contributed by atoms with Gasteiger partial charge in [0.1, 0.15) is 0 Å². The number of hydrogen-bond acceptors (Lipinski definition) is 5. The molecule has 0 saturated carbocycles. The fourth-order valence-electron chi connectivity index (χ4n) is 1.30. The first-order valence-electron chi connectivity index (χ1n) is 5.20. The van der Waals surface area contributed by atoms with Gasteiger partial charge in [-0.15, -0.1) is 11.3 Å². The van der Waals surface area contributed by atoms with Gasteiger partial charge in [-0.3, -0.25) is 4.72 Å². The lowest BCUT2D eigenvalue weighted by Gasteiger charge is -2.04. The van der Waals surface area contributed by atoms with Crippen LogP contribution in [0.3, 0.4) is 0 Å². The molecule has 0 radical (unpaired) electrons. The van der Waals surface area contributed by atoms with Gasteiger partial charge in [0.25, 0.3) is 10.0 Å². The van der Waals surface area contributed by atoms with E-state index < -0.39 is 16.1 Å². The molecular formula is C11H12N2O3S2. The molecule has 1 unspecified atom stereocenters. The first-order valence-corrected chi connectivity index (χ1v) is 7.57. The van der Waals surface area contributed by atoms with Gasteiger partial charge in [-0.1, -0.05) is 18.2 Å². The molecule has 7 heteroatoms. The average molecular weight is 284 g/mol. The van der Waals surface area contributed by atoms with E-state index in [0.717, 1.165) is 11.3 Å². The second kappa shape index (κ2) is 5.05. The molecule has 1 atom stereocenters. The van der Waals surface area contributed by atoms with E-state index in [1.807, 2.05) is 0 Å². The van der Waals surface area contributed by atoms with Crippen molar-refractivity contribution in [3.05, 3.63) is 41.4 Å². The summed E-state index contributed by atoms with van der Waals surface area (Å²) in [5, 5.41) is 11.2. The van der Waals surface area contributed by atoms with Crippen LogP contribution in [0.25, 0.3) is 0 Å². The quantitative estimate of drug-likeness (QED) is 0.900. The summed E-state index contributed by atoms with van der Waals surface area (Å²) in [4.78, 5) is 4.18. The van der Waals surface area contributed by atoms with Crippen LogP contribution < -0.4 is 4.72 Å². The monoisotopic (exact) mass is 284 g/mol. The Labute approximate surface area is 109 Å². The molecule has 1 aromatic heterocycles. The number of anilines is 1. The van der Waals surface area contributed by atoms with Gasteiger partial charge in [0, 0.05) is 5.38 Å². The second-order valence-electron chi connectivity index (χ2n) is 3.67. The van der Waals surface area contributed by atoms with E-state index in [1.54, 1.807) is 30.5 Å². The van der Waals surface area contributed by atoms with Crippen LogP contribution in [0.2, 0.25) is 0 Å². The molecule has 18 heavy (non-hydrogen) atoms. The zero-order chi connectivity index (χ0) is 13.2. The van der Waals surface area contributed by atoms with Crippen LogP contribution in [0.15, 0.2) is 40.6 Å². The van der Waals surface area contributed by atoms with Crippen molar-refractivity contribution >= 4 is 26.5 Å². The molecular weight excluding hydrogens is 272 g/mol. The van der Waals surface area contributed by atoms with E-state index in [1.165, 1.54) is 12.1 Å². The molecule has 0 amide bonds. The first kappa shape index (κ1) is 13.0. The van der Waals surface area contributed by atoms with Crippen LogP contribution in [-0.2, 0) is 10.0 Å². The van der Waals surface area contributed by atoms with Gasteiger partial charge in [0.15, 0.2) is 5.13 Å². The maximum Gasteiger partial charge on any atom is 0.263 e. The van der Waals surface area contributed by atoms with Crippen LogP contribution in [0.5, 0.6) is 0 Å². The van der Waals surface area contributed by atoms with Gasteiger partial charge in [-0.25, -0.2) is 13.4 Å². The SMILES string of the molecule is CC(O)c1csc(NS(=O)(=O)c2ccccc2)n1. The van der Waals surface area contributed by atoms with Gasteiger partial charge in [0.05, 0.1) is 16.7 Å². The number of sulfonamides is 1. The Morgan fingerprint density at radius 3 is 2.56 bits per heavy atom. The van der Waals surface area contributed by atoms with Crippen molar-refractivity contribution in [3.8, 4) is 0 Å². The molecule has 2 rings (SSSR count). The Kier molecular flexibility index (Phi) is 3.65.